The third-order valence-corrected chi connectivity index (χ3v) is 5.50. The van der Waals surface area contributed by atoms with Crippen molar-refractivity contribution in [3.8, 4) is 5.75 Å². The first-order chi connectivity index (χ1) is 14.4. The summed E-state index contributed by atoms with van der Waals surface area (Å²) in [6, 6.07) is 10.6. The standard InChI is InChI=1S/C23H25N3O4/c1-4-5-6-21-16-9-8-15(11-18(16)23(29)30-21)26-22(28)13-19(24-26)17-10-7-14(25(2)3)12-20(17)27/h7-12,21,27H,4-6,13H2,1-3H3. The molecule has 30 heavy (non-hydrogen) atoms. The fraction of sp³-hybridized carbons (Fsp3) is 0.348. The molecule has 0 bridgehead atoms. The number of hydrazone groups is 1. The molecule has 0 aromatic heterocycles. The molecule has 0 saturated carbocycles. The molecule has 7 nitrogen and oxygen atoms in total. The SMILES string of the molecule is CCCCC1OC(=O)c2cc(N3N=C(c4ccc(N(C)C)cc4O)CC3=O)ccc21. The number of fused-ring (bicyclic) bond motifs is 1. The van der Waals surface area contributed by atoms with E-state index in [9.17, 15) is 14.7 Å². The quantitative estimate of drug-likeness (QED) is 0.732. The van der Waals surface area contributed by atoms with Gasteiger partial charge in [0.1, 0.15) is 11.9 Å². The largest absolute Gasteiger partial charge is 0.507 e. The summed E-state index contributed by atoms with van der Waals surface area (Å²) >= 11 is 0. The Balaban J connectivity index is 1.62. The molecular weight excluding hydrogens is 382 g/mol. The van der Waals surface area contributed by atoms with Gasteiger partial charge in [-0.25, -0.2) is 9.80 Å². The lowest BCUT2D eigenvalue weighted by Crippen LogP contribution is -2.19. The lowest BCUT2D eigenvalue weighted by atomic mass is 10.0. The molecule has 0 aliphatic carbocycles. The Labute approximate surface area is 175 Å². The van der Waals surface area contributed by atoms with Gasteiger partial charge >= 0.3 is 5.97 Å². The summed E-state index contributed by atoms with van der Waals surface area (Å²) in [7, 11) is 3.77. The van der Waals surface area contributed by atoms with Gasteiger partial charge in [0.25, 0.3) is 5.91 Å². The van der Waals surface area contributed by atoms with Crippen LogP contribution < -0.4 is 9.91 Å². The predicted molar refractivity (Wildman–Crippen MR) is 115 cm³/mol. The van der Waals surface area contributed by atoms with Crippen molar-refractivity contribution in [1.82, 2.24) is 0 Å². The summed E-state index contributed by atoms with van der Waals surface area (Å²) in [5.74, 6) is -0.499. The van der Waals surface area contributed by atoms with Gasteiger partial charge in [-0.15, -0.1) is 0 Å². The molecular formula is C23H25N3O4. The second kappa shape index (κ2) is 7.82. The van der Waals surface area contributed by atoms with Crippen LogP contribution in [0.1, 0.15) is 60.2 Å². The van der Waals surface area contributed by atoms with Crippen molar-refractivity contribution < 1.29 is 19.4 Å². The minimum Gasteiger partial charge on any atom is -0.507 e. The number of carbonyl (C=O) groups is 2. The van der Waals surface area contributed by atoms with Crippen molar-refractivity contribution in [2.45, 2.75) is 38.7 Å². The highest BCUT2D eigenvalue weighted by Crippen LogP contribution is 2.37. The number of nitrogens with zero attached hydrogens (tertiary/aromatic N) is 3. The van der Waals surface area contributed by atoms with Crippen molar-refractivity contribution in [3.63, 3.8) is 0 Å². The average molecular weight is 407 g/mol. The highest BCUT2D eigenvalue weighted by atomic mass is 16.5. The monoisotopic (exact) mass is 407 g/mol. The van der Waals surface area contributed by atoms with Crippen molar-refractivity contribution in [1.29, 1.82) is 0 Å². The average Bonchev–Trinajstić information content (AvgIpc) is 3.25. The maximum Gasteiger partial charge on any atom is 0.339 e. The number of benzene rings is 2. The third-order valence-electron chi connectivity index (χ3n) is 5.50. The van der Waals surface area contributed by atoms with Gasteiger partial charge in [-0.2, -0.15) is 5.10 Å². The first-order valence-corrected chi connectivity index (χ1v) is 10.1. The van der Waals surface area contributed by atoms with Crippen LogP contribution in [0.3, 0.4) is 0 Å². The number of esters is 1. The number of unbranched alkanes of at least 4 members (excludes halogenated alkanes) is 1. The van der Waals surface area contributed by atoms with E-state index in [0.29, 0.717) is 22.5 Å². The maximum atomic E-state index is 12.6. The van der Waals surface area contributed by atoms with Gasteiger partial charge < -0.3 is 14.7 Å². The van der Waals surface area contributed by atoms with Gasteiger partial charge in [0.2, 0.25) is 0 Å². The first-order valence-electron chi connectivity index (χ1n) is 10.1. The van der Waals surface area contributed by atoms with Crippen LogP contribution in [0, 0.1) is 0 Å². The van der Waals surface area contributed by atoms with Gasteiger partial charge in [0, 0.05) is 37.0 Å². The van der Waals surface area contributed by atoms with Crippen molar-refractivity contribution in [3.05, 3.63) is 53.1 Å². The normalized spacial score (nSPS) is 17.8. The summed E-state index contributed by atoms with van der Waals surface area (Å²) in [6.07, 6.45) is 2.66. The summed E-state index contributed by atoms with van der Waals surface area (Å²) in [6.45, 7) is 2.10. The number of anilines is 2. The van der Waals surface area contributed by atoms with E-state index in [0.717, 1.165) is 30.5 Å². The Morgan fingerprint density at radius 1 is 1.17 bits per heavy atom. The van der Waals surface area contributed by atoms with Crippen molar-refractivity contribution in [2.75, 3.05) is 24.0 Å². The number of hydrogen-bond donors (Lipinski definition) is 1. The fourth-order valence-electron chi connectivity index (χ4n) is 3.82. The van der Waals surface area contributed by atoms with Gasteiger partial charge in [0.05, 0.1) is 23.4 Å². The van der Waals surface area contributed by atoms with Gasteiger partial charge in [-0.05, 0) is 37.1 Å². The summed E-state index contributed by atoms with van der Waals surface area (Å²) in [5.41, 5.74) is 3.75. The summed E-state index contributed by atoms with van der Waals surface area (Å²) < 4.78 is 5.50. The number of hydrogen-bond acceptors (Lipinski definition) is 6. The van der Waals surface area contributed by atoms with E-state index in [-0.39, 0.29) is 30.2 Å². The Kier molecular flexibility index (Phi) is 5.20. The number of phenolic OH excluding ortho intramolecular Hbond substituents is 1. The van der Waals surface area contributed by atoms with E-state index >= 15 is 0 Å². The smallest absolute Gasteiger partial charge is 0.339 e. The number of carbonyl (C=O) groups excluding carboxylic acids is 2. The van der Waals surface area contributed by atoms with Crippen LogP contribution in [-0.2, 0) is 9.53 Å². The molecule has 1 N–H and O–H groups in total. The van der Waals surface area contributed by atoms with Gasteiger partial charge in [-0.3, -0.25) is 4.79 Å². The Hall–Kier alpha value is -3.35. The van der Waals surface area contributed by atoms with Gasteiger partial charge in [-0.1, -0.05) is 19.4 Å². The number of rotatable bonds is 6. The molecule has 1 atom stereocenters. The molecule has 1 unspecified atom stereocenters. The van der Waals surface area contributed by atoms with E-state index in [4.69, 9.17) is 4.74 Å². The van der Waals surface area contributed by atoms with Crippen LogP contribution in [0.5, 0.6) is 5.75 Å². The predicted octanol–water partition coefficient (Wildman–Crippen LogP) is 4.00. The lowest BCUT2D eigenvalue weighted by molar-refractivity contribution is -0.116. The molecule has 2 heterocycles. The minimum atomic E-state index is -0.360. The summed E-state index contributed by atoms with van der Waals surface area (Å²) in [5, 5.41) is 16.1. The molecule has 2 aromatic rings. The zero-order valence-corrected chi connectivity index (χ0v) is 17.4. The maximum absolute atomic E-state index is 12.6. The number of aromatic hydroxyl groups is 1. The molecule has 7 heteroatoms. The number of amides is 1. The molecule has 2 aliphatic heterocycles. The van der Waals surface area contributed by atoms with Crippen LogP contribution in [-0.4, -0.2) is 36.8 Å². The molecule has 0 radical (unpaired) electrons. The minimum absolute atomic E-state index is 0.0749. The molecule has 0 fully saturated rings. The first kappa shape index (κ1) is 19.9. The molecule has 4 rings (SSSR count). The molecule has 0 saturated heterocycles. The van der Waals surface area contributed by atoms with Crippen LogP contribution in [0.4, 0.5) is 11.4 Å². The number of cyclic esters (lactones) is 1. The van der Waals surface area contributed by atoms with E-state index in [1.54, 1.807) is 24.3 Å². The van der Waals surface area contributed by atoms with Crippen LogP contribution in [0.25, 0.3) is 0 Å². The number of ether oxygens (including phenoxy) is 1. The highest BCUT2D eigenvalue weighted by Gasteiger charge is 2.33. The van der Waals surface area contributed by atoms with Crippen LogP contribution in [0.15, 0.2) is 41.5 Å². The second-order valence-electron chi connectivity index (χ2n) is 7.83. The number of phenols is 1. The molecule has 2 aromatic carbocycles. The Morgan fingerprint density at radius 3 is 2.67 bits per heavy atom. The third kappa shape index (κ3) is 3.51. The van der Waals surface area contributed by atoms with E-state index in [1.807, 2.05) is 31.1 Å². The second-order valence-corrected chi connectivity index (χ2v) is 7.83. The fourth-order valence-corrected chi connectivity index (χ4v) is 3.82. The van der Waals surface area contributed by atoms with E-state index < -0.39 is 0 Å². The molecule has 156 valence electrons. The zero-order valence-electron chi connectivity index (χ0n) is 17.4. The van der Waals surface area contributed by atoms with Crippen LogP contribution in [0.2, 0.25) is 0 Å². The molecule has 0 spiro atoms. The van der Waals surface area contributed by atoms with E-state index in [1.165, 1.54) is 5.01 Å². The van der Waals surface area contributed by atoms with Crippen LogP contribution >= 0.6 is 0 Å². The topological polar surface area (TPSA) is 82.4 Å². The van der Waals surface area contributed by atoms with Crippen molar-refractivity contribution >= 4 is 29.0 Å². The van der Waals surface area contributed by atoms with Gasteiger partial charge in [0.15, 0.2) is 0 Å². The Morgan fingerprint density at radius 2 is 1.97 bits per heavy atom. The highest BCUT2D eigenvalue weighted by molar-refractivity contribution is 6.20. The molecule has 2 aliphatic rings. The molecule has 1 amide bonds. The Bertz CT molecular complexity index is 1040. The van der Waals surface area contributed by atoms with Crippen molar-refractivity contribution in [2.24, 2.45) is 5.10 Å². The zero-order chi connectivity index (χ0) is 21.4. The van der Waals surface area contributed by atoms with E-state index in [2.05, 4.69) is 12.0 Å². The summed E-state index contributed by atoms with van der Waals surface area (Å²) in [4.78, 5) is 26.8. The lowest BCUT2D eigenvalue weighted by Gasteiger charge is -2.14.